The van der Waals surface area contributed by atoms with Crippen LogP contribution in [0.5, 0.6) is 0 Å². The summed E-state index contributed by atoms with van der Waals surface area (Å²) >= 11 is 0. The Labute approximate surface area is 77.7 Å². The van der Waals surface area contributed by atoms with Crippen LogP contribution in [0.2, 0.25) is 0 Å². The Morgan fingerprint density at radius 1 is 0.750 bits per heavy atom. The summed E-state index contributed by atoms with van der Waals surface area (Å²) < 4.78 is 0. The van der Waals surface area contributed by atoms with Crippen molar-refractivity contribution in [1.82, 2.24) is 0 Å². The van der Waals surface area contributed by atoms with Gasteiger partial charge >= 0.3 is 0 Å². The van der Waals surface area contributed by atoms with Gasteiger partial charge in [-0.05, 0) is 25.2 Å². The summed E-state index contributed by atoms with van der Waals surface area (Å²) in [4.78, 5) is 0. The van der Waals surface area contributed by atoms with E-state index in [1.54, 1.807) is 0 Å². The average molecular weight is 167 g/mol. The predicted molar refractivity (Wildman–Crippen MR) is 55.1 cm³/mol. The minimum Gasteiger partial charge on any atom is -0.0648 e. The molecule has 0 aromatic carbocycles. The van der Waals surface area contributed by atoms with E-state index in [9.17, 15) is 0 Å². The Morgan fingerprint density at radius 2 is 1.17 bits per heavy atom. The van der Waals surface area contributed by atoms with Crippen LogP contribution in [0.3, 0.4) is 0 Å². The molecule has 0 bridgehead atoms. The van der Waals surface area contributed by atoms with Gasteiger partial charge in [0.05, 0.1) is 0 Å². The van der Waals surface area contributed by atoms with E-state index in [1.807, 2.05) is 5.92 Å². The lowest BCUT2D eigenvalue weighted by molar-refractivity contribution is 0.511. The molecule has 0 nitrogen and oxygen atoms in total. The van der Waals surface area contributed by atoms with Crippen molar-refractivity contribution < 1.29 is 0 Å². The molecule has 71 valence electrons. The number of rotatable bonds is 1. The van der Waals surface area contributed by atoms with Crippen LogP contribution in [0, 0.1) is 5.92 Å². The van der Waals surface area contributed by atoms with Crippen LogP contribution in [0.25, 0.3) is 0 Å². The van der Waals surface area contributed by atoms with Gasteiger partial charge in [-0.3, -0.25) is 0 Å². The first-order valence-electron chi connectivity index (χ1n) is 5.77. The van der Waals surface area contributed by atoms with Crippen LogP contribution in [0.4, 0.5) is 0 Å². The molecule has 1 aliphatic rings. The molecule has 0 heteroatoms. The molecule has 1 radical (unpaired) electrons. The van der Waals surface area contributed by atoms with Gasteiger partial charge in [0.25, 0.3) is 0 Å². The van der Waals surface area contributed by atoms with Crippen LogP contribution in [0.1, 0.15) is 71.1 Å². The van der Waals surface area contributed by atoms with E-state index in [2.05, 4.69) is 6.92 Å². The predicted octanol–water partition coefficient (Wildman–Crippen LogP) is 4.50. The van der Waals surface area contributed by atoms with Gasteiger partial charge in [0.1, 0.15) is 0 Å². The fourth-order valence-corrected chi connectivity index (χ4v) is 2.11. The summed E-state index contributed by atoms with van der Waals surface area (Å²) in [7, 11) is 0. The van der Waals surface area contributed by atoms with Gasteiger partial charge in [-0.1, -0.05) is 51.9 Å². The topological polar surface area (TPSA) is 0 Å². The maximum absolute atomic E-state index is 2.32. The van der Waals surface area contributed by atoms with Crippen LogP contribution < -0.4 is 0 Å². The minimum absolute atomic E-state index is 1.33. The zero-order valence-corrected chi connectivity index (χ0v) is 8.57. The Kier molecular flexibility index (Phi) is 5.47. The van der Waals surface area contributed by atoms with Crippen LogP contribution in [-0.4, -0.2) is 0 Å². The van der Waals surface area contributed by atoms with Crippen molar-refractivity contribution in [1.29, 1.82) is 0 Å². The normalized spacial score (nSPS) is 23.8. The second-order valence-corrected chi connectivity index (χ2v) is 4.08. The average Bonchev–Trinajstić information content (AvgIpc) is 2.14. The summed E-state index contributed by atoms with van der Waals surface area (Å²) in [6, 6.07) is 0. The second kappa shape index (κ2) is 6.51. The van der Waals surface area contributed by atoms with Gasteiger partial charge in [-0.2, -0.15) is 0 Å². The van der Waals surface area contributed by atoms with Crippen molar-refractivity contribution in [2.24, 2.45) is 0 Å². The highest BCUT2D eigenvalue weighted by Crippen LogP contribution is 2.24. The van der Waals surface area contributed by atoms with Gasteiger partial charge in [0.2, 0.25) is 0 Å². The molecule has 0 spiro atoms. The lowest BCUT2D eigenvalue weighted by Crippen LogP contribution is -1.98. The van der Waals surface area contributed by atoms with E-state index in [0.29, 0.717) is 0 Å². The SMILES string of the molecule is CC[C]1CCCCCCCCC1. The minimum atomic E-state index is 1.33. The molecule has 0 amide bonds. The van der Waals surface area contributed by atoms with Crippen molar-refractivity contribution in [3.63, 3.8) is 0 Å². The Hall–Kier alpha value is 0. The summed E-state index contributed by atoms with van der Waals surface area (Å²) in [5.74, 6) is 1.83. The van der Waals surface area contributed by atoms with E-state index in [1.165, 1.54) is 64.2 Å². The van der Waals surface area contributed by atoms with E-state index in [4.69, 9.17) is 0 Å². The smallest absolute Gasteiger partial charge is 0.0244 e. The third-order valence-electron chi connectivity index (χ3n) is 3.06. The second-order valence-electron chi connectivity index (χ2n) is 4.08. The molecule has 0 aliphatic heterocycles. The molecule has 0 aromatic heterocycles. The molecule has 1 rings (SSSR count). The summed E-state index contributed by atoms with van der Waals surface area (Å²) in [5.41, 5.74) is 0. The van der Waals surface area contributed by atoms with Crippen LogP contribution in [0.15, 0.2) is 0 Å². The van der Waals surface area contributed by atoms with Gasteiger partial charge in [0, 0.05) is 0 Å². The van der Waals surface area contributed by atoms with Crippen molar-refractivity contribution in [2.45, 2.75) is 71.1 Å². The van der Waals surface area contributed by atoms with Crippen molar-refractivity contribution in [3.8, 4) is 0 Å². The first kappa shape index (κ1) is 10.1. The van der Waals surface area contributed by atoms with Gasteiger partial charge in [0.15, 0.2) is 0 Å². The molecular weight excluding hydrogens is 144 g/mol. The first-order valence-corrected chi connectivity index (χ1v) is 5.77. The Bertz CT molecular complexity index is 86.2. The van der Waals surface area contributed by atoms with Crippen LogP contribution in [-0.2, 0) is 0 Å². The van der Waals surface area contributed by atoms with E-state index in [0.717, 1.165) is 0 Å². The van der Waals surface area contributed by atoms with E-state index in [-0.39, 0.29) is 0 Å². The standard InChI is InChI=1S/C12H23/c1-2-12-10-8-6-4-3-5-7-9-11-12/h2-11H2,1H3. The lowest BCUT2D eigenvalue weighted by Gasteiger charge is -2.15. The largest absolute Gasteiger partial charge is 0.0648 e. The highest BCUT2D eigenvalue weighted by Gasteiger charge is 2.07. The highest BCUT2D eigenvalue weighted by atomic mass is 14.1. The van der Waals surface area contributed by atoms with Gasteiger partial charge in [-0.25, -0.2) is 0 Å². The molecule has 12 heavy (non-hydrogen) atoms. The molecule has 1 aliphatic carbocycles. The summed E-state index contributed by atoms with van der Waals surface area (Å²) in [6.07, 6.45) is 14.5. The van der Waals surface area contributed by atoms with E-state index < -0.39 is 0 Å². The molecule has 0 saturated heterocycles. The monoisotopic (exact) mass is 167 g/mol. The molecule has 0 N–H and O–H groups in total. The summed E-state index contributed by atoms with van der Waals surface area (Å²) in [5, 5.41) is 0. The lowest BCUT2D eigenvalue weighted by atomic mass is 9.91. The molecule has 1 fully saturated rings. The van der Waals surface area contributed by atoms with Crippen molar-refractivity contribution in [3.05, 3.63) is 5.92 Å². The Morgan fingerprint density at radius 3 is 1.58 bits per heavy atom. The Balaban J connectivity index is 2.17. The van der Waals surface area contributed by atoms with Gasteiger partial charge in [-0.15, -0.1) is 0 Å². The maximum atomic E-state index is 2.32. The van der Waals surface area contributed by atoms with Gasteiger partial charge < -0.3 is 0 Å². The van der Waals surface area contributed by atoms with Crippen molar-refractivity contribution in [2.75, 3.05) is 0 Å². The maximum Gasteiger partial charge on any atom is -0.0244 e. The third kappa shape index (κ3) is 4.13. The third-order valence-corrected chi connectivity index (χ3v) is 3.06. The number of hydrogen-bond donors (Lipinski definition) is 0. The molecule has 1 saturated carbocycles. The fourth-order valence-electron chi connectivity index (χ4n) is 2.11. The molecule has 0 heterocycles. The molecular formula is C12H23. The fraction of sp³-hybridized carbons (Fsp3) is 0.917. The van der Waals surface area contributed by atoms with E-state index >= 15 is 0 Å². The first-order chi connectivity index (χ1) is 5.93. The number of hydrogen-bond acceptors (Lipinski definition) is 0. The zero-order valence-electron chi connectivity index (χ0n) is 8.57. The van der Waals surface area contributed by atoms with Crippen LogP contribution >= 0.6 is 0 Å². The molecule has 0 unspecified atom stereocenters. The highest BCUT2D eigenvalue weighted by molar-refractivity contribution is 4.87. The quantitative estimate of drug-likeness (QED) is 0.539. The molecule has 0 atom stereocenters. The zero-order chi connectivity index (χ0) is 8.65. The summed E-state index contributed by atoms with van der Waals surface area (Å²) in [6.45, 7) is 2.32. The van der Waals surface area contributed by atoms with Crippen molar-refractivity contribution >= 4 is 0 Å². The molecule has 0 aromatic rings.